The minimum Gasteiger partial charge on any atom is -0.327 e. The van der Waals surface area contributed by atoms with Crippen LogP contribution in [0.2, 0.25) is 0 Å². The Morgan fingerprint density at radius 1 is 0.833 bits per heavy atom. The average molecular weight is 591 g/mol. The second kappa shape index (κ2) is 33.5. The summed E-state index contributed by atoms with van der Waals surface area (Å²) in [5.41, 5.74) is 8.82. The molecule has 2 atom stereocenters. The highest BCUT2D eigenvalue weighted by Gasteiger charge is 2.11. The molecular weight excluding hydrogens is 516 g/mol. The molecule has 0 aromatic heterocycles. The average Bonchev–Trinajstić information content (AvgIpc) is 3.13. The Morgan fingerprint density at radius 2 is 1.31 bits per heavy atom. The quantitative estimate of drug-likeness (QED) is 0.245. The summed E-state index contributed by atoms with van der Waals surface area (Å²) in [5, 5.41) is 6.40. The SMILES string of the molecule is C1CCNCC1.CC.CC.CNC(CC=O)Cc1ccccc1.NC(CCN1CCCCC1)Cc1ccccc1.[3H]C.[3H]C. The third kappa shape index (κ3) is 24.5. The topological polar surface area (TPSA) is 70.4 Å². The zero-order valence-electron chi connectivity index (χ0n) is 30.5. The smallest absolute Gasteiger partial charge is 0.121 e. The van der Waals surface area contributed by atoms with E-state index in [4.69, 9.17) is 8.48 Å². The van der Waals surface area contributed by atoms with Crippen LogP contribution in [-0.2, 0) is 17.6 Å². The van der Waals surface area contributed by atoms with Gasteiger partial charge in [0.25, 0.3) is 0 Å². The summed E-state index contributed by atoms with van der Waals surface area (Å²) in [6, 6.07) is 21.3. The summed E-state index contributed by atoms with van der Waals surface area (Å²) < 4.78 is 11.5. The second-order valence-electron chi connectivity index (χ2n) is 10.0. The van der Waals surface area contributed by atoms with Crippen molar-refractivity contribution in [3.63, 3.8) is 0 Å². The van der Waals surface area contributed by atoms with Crippen LogP contribution in [-0.4, -0.2) is 63.0 Å². The molecule has 2 aliphatic rings. The van der Waals surface area contributed by atoms with Gasteiger partial charge in [-0.2, -0.15) is 0 Å². The largest absolute Gasteiger partial charge is 0.327 e. The highest BCUT2D eigenvalue weighted by molar-refractivity contribution is 5.50. The fraction of sp³-hybridized carbons (Fsp3) is 0.649. The molecule has 2 unspecified atom stereocenters. The highest BCUT2D eigenvalue weighted by Crippen LogP contribution is 2.10. The normalized spacial score (nSPS) is 15.6. The van der Waals surface area contributed by atoms with Gasteiger partial charge in [0.05, 0.1) is 0 Å². The Hall–Kier alpha value is -2.05. The maximum atomic E-state index is 10.3. The first-order valence-corrected chi connectivity index (χ1v) is 16.1. The first-order valence-electron chi connectivity index (χ1n) is 18.1. The van der Waals surface area contributed by atoms with Crippen LogP contribution in [0.5, 0.6) is 0 Å². The van der Waals surface area contributed by atoms with E-state index < -0.39 is 0 Å². The molecule has 2 aromatic carbocycles. The van der Waals surface area contributed by atoms with E-state index in [-0.39, 0.29) is 6.04 Å². The Morgan fingerprint density at radius 3 is 1.71 bits per heavy atom. The number of rotatable bonds is 10. The van der Waals surface area contributed by atoms with Crippen LogP contribution in [0.3, 0.4) is 0 Å². The Labute approximate surface area is 265 Å². The van der Waals surface area contributed by atoms with Gasteiger partial charge >= 0.3 is 0 Å². The van der Waals surface area contributed by atoms with Crippen molar-refractivity contribution >= 4 is 6.29 Å². The number of carbonyl (C=O) groups is 1. The van der Waals surface area contributed by atoms with E-state index in [9.17, 15) is 4.79 Å². The van der Waals surface area contributed by atoms with E-state index in [0.717, 1.165) is 25.5 Å². The van der Waals surface area contributed by atoms with E-state index in [1.165, 1.54) is 97.2 Å². The predicted octanol–water partition coefficient (Wildman–Crippen LogP) is 7.92. The van der Waals surface area contributed by atoms with Crippen molar-refractivity contribution in [3.8, 4) is 0 Å². The van der Waals surface area contributed by atoms with Gasteiger partial charge in [0.2, 0.25) is 0 Å². The summed E-state index contributed by atoms with van der Waals surface area (Å²) in [6.45, 7) is 14.2. The number of hydrogen-bond acceptors (Lipinski definition) is 5. The number of nitrogens with zero attached hydrogens (tertiary/aromatic N) is 1. The van der Waals surface area contributed by atoms with Gasteiger partial charge in [-0.3, -0.25) is 0 Å². The number of carbonyl (C=O) groups excluding carboxylic acids is 1. The number of nitrogens with one attached hydrogen (secondary N) is 2. The molecule has 2 aromatic rings. The lowest BCUT2D eigenvalue weighted by molar-refractivity contribution is -0.108. The molecule has 4 rings (SSSR count). The monoisotopic (exact) mass is 591 g/mol. The molecule has 244 valence electrons. The minimum atomic E-state index is 0.264. The zero-order chi connectivity index (χ0) is 33.7. The molecule has 0 aliphatic carbocycles. The van der Waals surface area contributed by atoms with E-state index >= 15 is 0 Å². The summed E-state index contributed by atoms with van der Waals surface area (Å²) >= 11 is 0. The maximum absolute atomic E-state index is 10.3. The van der Waals surface area contributed by atoms with Crippen molar-refractivity contribution < 1.29 is 7.54 Å². The first kappa shape index (κ1) is 40.0. The minimum absolute atomic E-state index is 0.264. The molecule has 0 saturated carbocycles. The first-order chi connectivity index (χ1) is 21.7. The molecule has 42 heavy (non-hydrogen) atoms. The molecule has 2 saturated heterocycles. The van der Waals surface area contributed by atoms with Crippen LogP contribution >= 0.6 is 0 Å². The number of piperidine rings is 2. The molecule has 2 heterocycles. The second-order valence-corrected chi connectivity index (χ2v) is 10.0. The molecular formula is C37H70N4O. The molecule has 0 spiro atoms. The lowest BCUT2D eigenvalue weighted by atomic mass is 10.0. The molecule has 2 aliphatic heterocycles. The van der Waals surface area contributed by atoms with E-state index in [0.29, 0.717) is 12.5 Å². The van der Waals surface area contributed by atoms with Gasteiger partial charge in [0.1, 0.15) is 6.29 Å². The standard InChI is InChI=1S/C15H24N2.C11H15NO.C5H11N.2C2H6.2CH4/c16-15(13-14-7-3-1-4-8-14)9-12-17-10-5-2-6-11-17;1-12-11(7-8-13)9-10-5-3-2-4-6-10;1-2-4-6-5-3-1;2*1-2;;/h1,3-4,7-8,15H,2,5-6,9-13,16H2;2-6,8,11-12H,7,9H2,1H3;6H,1-5H2;2*1-2H3;2*1H4/i;;;;;2*1T. The Bertz CT molecular complexity index is 762. The van der Waals surface area contributed by atoms with Crippen LogP contribution in [0.1, 0.15) is 108 Å². The summed E-state index contributed by atoms with van der Waals surface area (Å²) in [7, 11) is 4.39. The fourth-order valence-electron chi connectivity index (χ4n) is 4.67. The molecule has 2 fully saturated rings. The Balaban J connectivity index is -0.000000549. The number of hydrogen-bond donors (Lipinski definition) is 3. The highest BCUT2D eigenvalue weighted by atomic mass is 16.1. The molecule has 4 N–H and O–H groups in total. The number of likely N-dealkylation sites (N-methyl/N-ethyl adjacent to an activating group) is 1. The van der Waals surface area contributed by atoms with Crippen molar-refractivity contribution in [1.82, 2.24) is 15.5 Å². The molecule has 0 amide bonds. The lowest BCUT2D eigenvalue weighted by Crippen LogP contribution is -2.35. The zero-order valence-corrected chi connectivity index (χ0v) is 28.5. The van der Waals surface area contributed by atoms with E-state index in [2.05, 4.69) is 58.0 Å². The van der Waals surface area contributed by atoms with Gasteiger partial charge in [0, 0.05) is 21.2 Å². The van der Waals surface area contributed by atoms with Crippen LogP contribution in [0.15, 0.2) is 60.7 Å². The summed E-state index contributed by atoms with van der Waals surface area (Å²) in [4.78, 5) is 12.9. The van der Waals surface area contributed by atoms with Crippen molar-refractivity contribution in [1.29, 1.82) is 0 Å². The summed E-state index contributed by atoms with van der Waals surface area (Å²) in [6.07, 6.45) is 12.9. The third-order valence-electron chi connectivity index (χ3n) is 6.93. The lowest BCUT2D eigenvalue weighted by Gasteiger charge is -2.27. The number of nitrogens with two attached hydrogens (primary N) is 1. The van der Waals surface area contributed by atoms with Crippen LogP contribution < -0.4 is 16.4 Å². The number of benzene rings is 2. The fourth-order valence-corrected chi connectivity index (χ4v) is 4.67. The third-order valence-corrected chi connectivity index (χ3v) is 6.93. The van der Waals surface area contributed by atoms with E-state index in [1.54, 1.807) is 0 Å². The van der Waals surface area contributed by atoms with Gasteiger partial charge in [-0.1, -0.05) is 116 Å². The Kier molecular flexibility index (Phi) is 31.8. The summed E-state index contributed by atoms with van der Waals surface area (Å²) in [5.74, 6) is 0. The van der Waals surface area contributed by atoms with Crippen molar-refractivity contribution in [2.24, 2.45) is 5.73 Å². The van der Waals surface area contributed by atoms with Gasteiger partial charge < -0.3 is 26.1 Å². The van der Waals surface area contributed by atoms with Crippen molar-refractivity contribution in [3.05, 3.63) is 71.8 Å². The number of aldehydes is 1. The van der Waals surface area contributed by atoms with Crippen molar-refractivity contribution in [2.75, 3.05) is 39.8 Å². The molecule has 0 bridgehead atoms. The van der Waals surface area contributed by atoms with Gasteiger partial charge in [0.15, 0.2) is 0 Å². The predicted molar refractivity (Wildman–Crippen MR) is 190 cm³/mol. The van der Waals surface area contributed by atoms with E-state index in [1.807, 2.05) is 52.9 Å². The maximum Gasteiger partial charge on any atom is 0.121 e. The van der Waals surface area contributed by atoms with Crippen LogP contribution in [0, 0.1) is 0 Å². The van der Waals surface area contributed by atoms with Crippen LogP contribution in [0.25, 0.3) is 0 Å². The van der Waals surface area contributed by atoms with Gasteiger partial charge in [-0.15, -0.1) is 0 Å². The molecule has 5 heteroatoms. The molecule has 0 radical (unpaired) electrons. The van der Waals surface area contributed by atoms with Gasteiger partial charge in [-0.25, -0.2) is 0 Å². The van der Waals surface area contributed by atoms with Gasteiger partial charge in [-0.05, 0) is 95.8 Å². The van der Waals surface area contributed by atoms with Crippen molar-refractivity contribution in [2.45, 2.75) is 119 Å². The number of likely N-dealkylation sites (tertiary alicyclic amines) is 1. The van der Waals surface area contributed by atoms with Crippen LogP contribution in [0.4, 0.5) is 0 Å². The molecule has 5 nitrogen and oxygen atoms in total.